The standard InChI is InChI=1S/C7H4N2OS/c10-7-6-5(9-4-11-6)2-1-3-8-7/h1-4H. The number of rotatable bonds is 0. The van der Waals surface area contributed by atoms with Gasteiger partial charge in [0.15, 0.2) is 0 Å². The molecule has 0 aliphatic heterocycles. The van der Waals surface area contributed by atoms with Gasteiger partial charge in [0, 0.05) is 6.20 Å². The van der Waals surface area contributed by atoms with Crippen LogP contribution in [0.1, 0.15) is 0 Å². The Morgan fingerprint density at radius 1 is 1.36 bits per heavy atom. The van der Waals surface area contributed by atoms with E-state index in [1.54, 1.807) is 17.6 Å². The van der Waals surface area contributed by atoms with E-state index in [1.807, 2.05) is 0 Å². The van der Waals surface area contributed by atoms with Crippen LogP contribution in [-0.2, 0) is 0 Å². The number of thiazole rings is 1. The highest BCUT2D eigenvalue weighted by molar-refractivity contribution is 7.16. The zero-order chi connectivity index (χ0) is 7.68. The third-order valence-corrected chi connectivity index (χ3v) is 2.15. The molecule has 0 amide bonds. The number of nitrogens with zero attached hydrogens (tertiary/aromatic N) is 2. The fraction of sp³-hybridized carbons (Fsp3) is 0. The number of fused-ring (bicyclic) bond motifs is 1. The van der Waals surface area contributed by atoms with E-state index in [0.29, 0.717) is 4.70 Å². The second-order valence-electron chi connectivity index (χ2n) is 2.01. The van der Waals surface area contributed by atoms with Gasteiger partial charge in [-0.1, -0.05) is 0 Å². The van der Waals surface area contributed by atoms with Crippen LogP contribution < -0.4 is 5.56 Å². The van der Waals surface area contributed by atoms with E-state index in [1.165, 1.54) is 17.5 Å². The Labute approximate surface area is 66.4 Å². The Balaban J connectivity index is 3.09. The minimum Gasteiger partial charge on any atom is -0.266 e. The third-order valence-electron chi connectivity index (χ3n) is 1.32. The highest BCUT2D eigenvalue weighted by atomic mass is 32.1. The van der Waals surface area contributed by atoms with Gasteiger partial charge in [0.2, 0.25) is 0 Å². The molecule has 0 atom stereocenters. The average Bonchev–Trinajstić information content (AvgIpc) is 2.40. The van der Waals surface area contributed by atoms with Crippen LogP contribution in [0, 0.1) is 0 Å². The third kappa shape index (κ3) is 1.01. The molecule has 11 heavy (non-hydrogen) atoms. The van der Waals surface area contributed by atoms with Crippen molar-refractivity contribution in [2.24, 2.45) is 0 Å². The topological polar surface area (TPSA) is 42.9 Å². The monoisotopic (exact) mass is 164 g/mol. The number of hydrogen-bond donors (Lipinski definition) is 0. The van der Waals surface area contributed by atoms with Gasteiger partial charge < -0.3 is 0 Å². The van der Waals surface area contributed by atoms with Crippen molar-refractivity contribution in [3.8, 4) is 0 Å². The predicted molar refractivity (Wildman–Crippen MR) is 43.7 cm³/mol. The molecule has 0 unspecified atom stereocenters. The fourth-order valence-electron chi connectivity index (χ4n) is 0.837. The Hall–Kier alpha value is -1.29. The second-order valence-corrected chi connectivity index (χ2v) is 2.86. The van der Waals surface area contributed by atoms with Crippen LogP contribution in [0.5, 0.6) is 0 Å². The van der Waals surface area contributed by atoms with E-state index in [-0.39, 0.29) is 5.56 Å². The summed E-state index contributed by atoms with van der Waals surface area (Å²) in [5.74, 6) is 0. The molecule has 0 saturated heterocycles. The fourth-order valence-corrected chi connectivity index (χ4v) is 1.50. The summed E-state index contributed by atoms with van der Waals surface area (Å²) in [7, 11) is 0. The Bertz CT molecular complexity index is 437. The molecule has 54 valence electrons. The molecule has 2 rings (SSSR count). The lowest BCUT2D eigenvalue weighted by atomic mass is 10.5. The first-order valence-electron chi connectivity index (χ1n) is 3.06. The van der Waals surface area contributed by atoms with Crippen LogP contribution in [0.4, 0.5) is 0 Å². The molecule has 0 radical (unpaired) electrons. The zero-order valence-electron chi connectivity index (χ0n) is 5.52. The average molecular weight is 164 g/mol. The summed E-state index contributed by atoms with van der Waals surface area (Å²) in [5.41, 5.74) is 2.17. The molecule has 2 aromatic rings. The molecule has 0 fully saturated rings. The van der Waals surface area contributed by atoms with Crippen molar-refractivity contribution in [1.29, 1.82) is 0 Å². The van der Waals surface area contributed by atoms with Gasteiger partial charge in [-0.25, -0.2) is 9.97 Å². The van der Waals surface area contributed by atoms with E-state index in [4.69, 9.17) is 0 Å². The quantitative estimate of drug-likeness (QED) is 0.584. The highest BCUT2D eigenvalue weighted by Gasteiger charge is 1.96. The smallest absolute Gasteiger partial charge is 0.266 e. The van der Waals surface area contributed by atoms with Crippen molar-refractivity contribution in [2.75, 3.05) is 0 Å². The van der Waals surface area contributed by atoms with Crippen LogP contribution >= 0.6 is 11.3 Å². The summed E-state index contributed by atoms with van der Waals surface area (Å²) in [6, 6.07) is 3.49. The minimum atomic E-state index is -0.201. The normalized spacial score (nSPS) is 10.2. The maximum Gasteiger partial charge on any atom is 0.289 e. The molecule has 0 aliphatic rings. The van der Waals surface area contributed by atoms with Crippen molar-refractivity contribution >= 4 is 21.6 Å². The SMILES string of the molecule is O=c1ncccc2ncsc12. The maximum atomic E-state index is 11.1. The molecule has 0 N–H and O–H groups in total. The van der Waals surface area contributed by atoms with Crippen molar-refractivity contribution < 1.29 is 0 Å². The lowest BCUT2D eigenvalue weighted by Gasteiger charge is -1.70. The molecule has 2 heterocycles. The molecular weight excluding hydrogens is 160 g/mol. The first-order valence-corrected chi connectivity index (χ1v) is 3.94. The molecule has 0 bridgehead atoms. The van der Waals surface area contributed by atoms with E-state index < -0.39 is 0 Å². The van der Waals surface area contributed by atoms with E-state index in [0.717, 1.165) is 5.52 Å². The summed E-state index contributed by atoms with van der Waals surface area (Å²) in [4.78, 5) is 18.8. The lowest BCUT2D eigenvalue weighted by molar-refractivity contribution is 1.30. The minimum absolute atomic E-state index is 0.201. The molecule has 0 aliphatic carbocycles. The van der Waals surface area contributed by atoms with Gasteiger partial charge in [-0.3, -0.25) is 4.79 Å². The summed E-state index contributed by atoms with van der Waals surface area (Å²) < 4.78 is 0.620. The summed E-state index contributed by atoms with van der Waals surface area (Å²) in [5, 5.41) is 0. The van der Waals surface area contributed by atoms with E-state index >= 15 is 0 Å². The Morgan fingerprint density at radius 3 is 3.18 bits per heavy atom. The Morgan fingerprint density at radius 2 is 2.27 bits per heavy atom. The van der Waals surface area contributed by atoms with Crippen LogP contribution in [0.15, 0.2) is 28.6 Å². The summed E-state index contributed by atoms with van der Waals surface area (Å²) >= 11 is 1.32. The van der Waals surface area contributed by atoms with Gasteiger partial charge in [-0.2, -0.15) is 0 Å². The first-order chi connectivity index (χ1) is 5.38. The van der Waals surface area contributed by atoms with Crippen LogP contribution in [-0.4, -0.2) is 9.97 Å². The molecule has 0 saturated carbocycles. The van der Waals surface area contributed by atoms with Crippen molar-refractivity contribution in [3.05, 3.63) is 34.2 Å². The van der Waals surface area contributed by atoms with E-state index in [9.17, 15) is 4.79 Å². The second kappa shape index (κ2) is 2.39. The summed E-state index contributed by atoms with van der Waals surface area (Å²) in [6.45, 7) is 0. The van der Waals surface area contributed by atoms with E-state index in [2.05, 4.69) is 9.97 Å². The Kier molecular flexibility index (Phi) is 1.40. The number of aromatic nitrogens is 2. The van der Waals surface area contributed by atoms with Crippen LogP contribution in [0.3, 0.4) is 0 Å². The van der Waals surface area contributed by atoms with Crippen LogP contribution in [0.25, 0.3) is 10.2 Å². The van der Waals surface area contributed by atoms with Gasteiger partial charge in [0.1, 0.15) is 4.70 Å². The molecule has 3 nitrogen and oxygen atoms in total. The van der Waals surface area contributed by atoms with Gasteiger partial charge >= 0.3 is 0 Å². The van der Waals surface area contributed by atoms with Gasteiger partial charge in [-0.15, -0.1) is 11.3 Å². The zero-order valence-corrected chi connectivity index (χ0v) is 6.34. The van der Waals surface area contributed by atoms with Gasteiger partial charge in [0.05, 0.1) is 11.0 Å². The maximum absolute atomic E-state index is 11.1. The van der Waals surface area contributed by atoms with Crippen LogP contribution in [0.2, 0.25) is 0 Å². The summed E-state index contributed by atoms with van der Waals surface area (Å²) in [6.07, 6.45) is 1.48. The lowest BCUT2D eigenvalue weighted by Crippen LogP contribution is -1.98. The molecule has 0 spiro atoms. The molecule has 2 aromatic heterocycles. The molecule has 4 heteroatoms. The van der Waals surface area contributed by atoms with Crippen molar-refractivity contribution in [3.63, 3.8) is 0 Å². The first kappa shape index (κ1) is 6.42. The number of hydrogen-bond acceptors (Lipinski definition) is 4. The predicted octanol–water partition coefficient (Wildman–Crippen LogP) is 1.05. The highest BCUT2D eigenvalue weighted by Crippen LogP contribution is 2.09. The molecular formula is C7H4N2OS. The molecule has 0 aromatic carbocycles. The van der Waals surface area contributed by atoms with Crippen molar-refractivity contribution in [1.82, 2.24) is 9.97 Å². The van der Waals surface area contributed by atoms with Gasteiger partial charge in [-0.05, 0) is 12.1 Å². The van der Waals surface area contributed by atoms with Gasteiger partial charge in [0.25, 0.3) is 5.56 Å². The largest absolute Gasteiger partial charge is 0.289 e. The van der Waals surface area contributed by atoms with Crippen molar-refractivity contribution in [2.45, 2.75) is 0 Å².